The monoisotopic (exact) mass is 401 g/mol. The van der Waals surface area contributed by atoms with E-state index in [-0.39, 0.29) is 18.8 Å². The third kappa shape index (κ3) is 7.29. The van der Waals surface area contributed by atoms with Gasteiger partial charge in [0.05, 0.1) is 32.0 Å². The molecule has 0 saturated carbocycles. The minimum absolute atomic E-state index is 0.0175. The van der Waals surface area contributed by atoms with Gasteiger partial charge in [-0.15, -0.1) is 0 Å². The van der Waals surface area contributed by atoms with Crippen LogP contribution in [-0.4, -0.2) is 48.2 Å². The number of hydrogen-bond acceptors (Lipinski definition) is 6. The number of carbonyl (C=O) groups excluding carboxylic acids is 3. The largest absolute Gasteiger partial charge is 0.480 e. The molecule has 0 saturated heterocycles. The number of halogens is 2. The summed E-state index contributed by atoms with van der Waals surface area (Å²) in [7, 11) is 0. The van der Waals surface area contributed by atoms with Gasteiger partial charge in [0.1, 0.15) is 17.7 Å². The molecule has 0 heterocycles. The van der Waals surface area contributed by atoms with Crippen molar-refractivity contribution in [1.82, 2.24) is 5.32 Å². The van der Waals surface area contributed by atoms with Crippen molar-refractivity contribution >= 4 is 23.8 Å². The minimum atomic E-state index is -1.80. The zero-order valence-corrected chi connectivity index (χ0v) is 15.4. The number of aliphatic carboxylic acids is 1. The molecule has 0 aromatic heterocycles. The second-order valence-corrected chi connectivity index (χ2v) is 5.71. The number of carboxylic acids is 1. The van der Waals surface area contributed by atoms with Crippen molar-refractivity contribution < 1.29 is 42.5 Å². The van der Waals surface area contributed by atoms with Gasteiger partial charge in [-0.1, -0.05) is 0 Å². The van der Waals surface area contributed by atoms with Gasteiger partial charge in [-0.25, -0.2) is 13.6 Å². The molecule has 1 aromatic rings. The molecule has 0 radical (unpaired) electrons. The molecule has 10 heteroatoms. The van der Waals surface area contributed by atoms with Gasteiger partial charge in [0.25, 0.3) is 0 Å². The first-order chi connectivity index (χ1) is 13.2. The minimum Gasteiger partial charge on any atom is -0.480 e. The molecule has 0 spiro atoms. The average Bonchev–Trinajstić information content (AvgIpc) is 2.57. The van der Waals surface area contributed by atoms with E-state index in [9.17, 15) is 33.1 Å². The summed E-state index contributed by atoms with van der Waals surface area (Å²) in [5, 5.41) is 11.5. The van der Waals surface area contributed by atoms with Crippen LogP contribution in [0.15, 0.2) is 18.2 Å². The van der Waals surface area contributed by atoms with Crippen molar-refractivity contribution in [2.75, 3.05) is 13.2 Å². The van der Waals surface area contributed by atoms with E-state index < -0.39 is 60.3 Å². The van der Waals surface area contributed by atoms with Gasteiger partial charge in [-0.05, 0) is 31.5 Å². The van der Waals surface area contributed by atoms with Gasteiger partial charge in [0.15, 0.2) is 0 Å². The van der Waals surface area contributed by atoms with E-state index in [1.54, 1.807) is 0 Å². The summed E-state index contributed by atoms with van der Waals surface area (Å²) in [6, 6.07) is 0.659. The zero-order valence-electron chi connectivity index (χ0n) is 15.4. The van der Waals surface area contributed by atoms with Crippen molar-refractivity contribution in [3.05, 3.63) is 35.4 Å². The van der Waals surface area contributed by atoms with Crippen LogP contribution in [-0.2, 0) is 35.1 Å². The number of carbonyl (C=O) groups is 4. The highest BCUT2D eigenvalue weighted by atomic mass is 19.1. The summed E-state index contributed by atoms with van der Waals surface area (Å²) in [5.74, 6) is -7.66. The Balaban J connectivity index is 2.98. The Labute approximate surface area is 159 Å². The van der Waals surface area contributed by atoms with Crippen molar-refractivity contribution in [3.8, 4) is 0 Å². The fraction of sp³-hybridized carbons (Fsp3) is 0.444. The number of esters is 2. The first kappa shape index (κ1) is 23.0. The molecule has 1 amide bonds. The van der Waals surface area contributed by atoms with E-state index >= 15 is 0 Å². The standard InChI is InChI=1S/C18H21F2NO7/c1-3-27-15(23)9-13(18(26)28-4-2)16(17(24)25)21-14(22)7-10-5-11(19)8-12(20)6-10/h5-6,8,13,16H,3-4,7,9H2,1-2H3,(H,21,22)(H,24,25)/t13-,16+/m1/s1. The second kappa shape index (κ2) is 11.0. The molecule has 0 aliphatic rings. The normalized spacial score (nSPS) is 12.6. The Morgan fingerprint density at radius 3 is 2.11 bits per heavy atom. The van der Waals surface area contributed by atoms with E-state index in [4.69, 9.17) is 9.47 Å². The van der Waals surface area contributed by atoms with Gasteiger partial charge in [-0.2, -0.15) is 0 Å². The van der Waals surface area contributed by atoms with Crippen molar-refractivity contribution in [1.29, 1.82) is 0 Å². The number of amides is 1. The van der Waals surface area contributed by atoms with Gasteiger partial charge >= 0.3 is 17.9 Å². The van der Waals surface area contributed by atoms with Crippen LogP contribution >= 0.6 is 0 Å². The molecule has 0 bridgehead atoms. The molecule has 0 aliphatic heterocycles. The van der Waals surface area contributed by atoms with Crippen LogP contribution < -0.4 is 5.32 Å². The highest BCUT2D eigenvalue weighted by Gasteiger charge is 2.38. The highest BCUT2D eigenvalue weighted by molar-refractivity contribution is 5.91. The summed E-state index contributed by atoms with van der Waals surface area (Å²) in [6.07, 6.45) is -1.16. The third-order valence-corrected chi connectivity index (χ3v) is 3.55. The smallest absolute Gasteiger partial charge is 0.327 e. The lowest BCUT2D eigenvalue weighted by Gasteiger charge is -2.22. The fourth-order valence-corrected chi connectivity index (χ4v) is 2.44. The van der Waals surface area contributed by atoms with Crippen LogP contribution in [0.5, 0.6) is 0 Å². The Bertz CT molecular complexity index is 718. The highest BCUT2D eigenvalue weighted by Crippen LogP contribution is 2.15. The summed E-state index contributed by atoms with van der Waals surface area (Å²) >= 11 is 0. The average molecular weight is 401 g/mol. The van der Waals surface area contributed by atoms with Crippen LogP contribution in [0.25, 0.3) is 0 Å². The van der Waals surface area contributed by atoms with E-state index in [2.05, 4.69) is 5.32 Å². The summed E-state index contributed by atoms with van der Waals surface area (Å²) < 4.78 is 36.0. The lowest BCUT2D eigenvalue weighted by Crippen LogP contribution is -2.50. The molecular formula is C18H21F2NO7. The molecule has 2 N–H and O–H groups in total. The molecule has 0 aliphatic carbocycles. The summed E-state index contributed by atoms with van der Waals surface area (Å²) in [5.41, 5.74) is -0.0304. The Kier molecular flexibility index (Phi) is 9.00. The third-order valence-electron chi connectivity index (χ3n) is 3.55. The van der Waals surface area contributed by atoms with E-state index in [1.165, 1.54) is 13.8 Å². The predicted molar refractivity (Wildman–Crippen MR) is 91.0 cm³/mol. The van der Waals surface area contributed by atoms with E-state index in [1.807, 2.05) is 0 Å². The molecule has 0 unspecified atom stereocenters. The maximum absolute atomic E-state index is 13.2. The number of nitrogens with one attached hydrogen (secondary N) is 1. The van der Waals surface area contributed by atoms with Crippen LogP contribution in [0.2, 0.25) is 0 Å². The SMILES string of the molecule is CCOC(=O)C[C@@H](C(=O)OCC)[C@H](NC(=O)Cc1cc(F)cc(F)c1)C(=O)O. The van der Waals surface area contributed by atoms with E-state index in [0.717, 1.165) is 12.1 Å². The topological polar surface area (TPSA) is 119 Å². The molecule has 1 aromatic carbocycles. The molecule has 0 fully saturated rings. The molecule has 28 heavy (non-hydrogen) atoms. The van der Waals surface area contributed by atoms with Crippen molar-refractivity contribution in [3.63, 3.8) is 0 Å². The quantitative estimate of drug-likeness (QED) is 0.566. The predicted octanol–water partition coefficient (Wildman–Crippen LogP) is 1.21. The summed E-state index contributed by atoms with van der Waals surface area (Å²) in [6.45, 7) is 2.97. The number of benzene rings is 1. The van der Waals surface area contributed by atoms with Crippen LogP contribution in [0.3, 0.4) is 0 Å². The Morgan fingerprint density at radius 2 is 1.61 bits per heavy atom. The molecular weight excluding hydrogens is 380 g/mol. The molecule has 8 nitrogen and oxygen atoms in total. The lowest BCUT2D eigenvalue weighted by molar-refractivity contribution is -0.160. The Morgan fingerprint density at radius 1 is 1.04 bits per heavy atom. The maximum atomic E-state index is 13.2. The number of rotatable bonds is 10. The summed E-state index contributed by atoms with van der Waals surface area (Å²) in [4.78, 5) is 47.6. The lowest BCUT2D eigenvalue weighted by atomic mass is 9.95. The van der Waals surface area contributed by atoms with Gasteiger partial charge in [-0.3, -0.25) is 14.4 Å². The molecule has 2 atom stereocenters. The maximum Gasteiger partial charge on any atom is 0.327 e. The van der Waals surface area contributed by atoms with Crippen molar-refractivity contribution in [2.24, 2.45) is 5.92 Å². The number of ether oxygens (including phenoxy) is 2. The van der Waals surface area contributed by atoms with Crippen LogP contribution in [0, 0.1) is 17.6 Å². The zero-order chi connectivity index (χ0) is 21.3. The van der Waals surface area contributed by atoms with Crippen LogP contribution in [0.4, 0.5) is 8.78 Å². The van der Waals surface area contributed by atoms with Gasteiger partial charge in [0, 0.05) is 6.07 Å². The van der Waals surface area contributed by atoms with Crippen molar-refractivity contribution in [2.45, 2.75) is 32.7 Å². The second-order valence-electron chi connectivity index (χ2n) is 5.71. The number of hydrogen-bond donors (Lipinski definition) is 2. The molecule has 1 rings (SSSR count). The van der Waals surface area contributed by atoms with E-state index in [0.29, 0.717) is 6.07 Å². The Hall–Kier alpha value is -3.04. The van der Waals surface area contributed by atoms with Gasteiger partial charge < -0.3 is 19.9 Å². The van der Waals surface area contributed by atoms with Crippen LogP contribution in [0.1, 0.15) is 25.8 Å². The number of carboxylic acid groups (broad SMARTS) is 1. The molecule has 154 valence electrons. The van der Waals surface area contributed by atoms with Gasteiger partial charge in [0.2, 0.25) is 5.91 Å². The fourth-order valence-electron chi connectivity index (χ4n) is 2.44. The first-order valence-corrected chi connectivity index (χ1v) is 8.47. The first-order valence-electron chi connectivity index (χ1n) is 8.47.